The van der Waals surface area contributed by atoms with Gasteiger partial charge in [0.1, 0.15) is 12.6 Å². The Morgan fingerprint density at radius 3 is 2.10 bits per heavy atom. The van der Waals surface area contributed by atoms with Crippen LogP contribution in [0.4, 0.5) is 0 Å². The monoisotopic (exact) mass is 286 g/mol. The van der Waals surface area contributed by atoms with Gasteiger partial charge in [-0.05, 0) is 12.8 Å². The Morgan fingerprint density at radius 1 is 1.15 bits per heavy atom. The molecule has 0 aliphatic carbocycles. The Morgan fingerprint density at radius 2 is 1.70 bits per heavy atom. The van der Waals surface area contributed by atoms with Crippen molar-refractivity contribution in [2.45, 2.75) is 47.6 Å². The molecule has 0 spiro atoms. The Hall–Kier alpha value is -1.59. The average molecular weight is 286 g/mol. The van der Waals surface area contributed by atoms with Crippen molar-refractivity contribution in [3.63, 3.8) is 0 Å². The molecule has 0 aromatic rings. The van der Waals surface area contributed by atoms with Crippen LogP contribution in [0.1, 0.15) is 41.5 Å². The Kier molecular flexibility index (Phi) is 7.24. The molecule has 0 rings (SSSR count). The van der Waals surface area contributed by atoms with Crippen molar-refractivity contribution >= 4 is 17.8 Å². The summed E-state index contributed by atoms with van der Waals surface area (Å²) in [7, 11) is 0. The molecule has 0 heterocycles. The molecule has 0 saturated carbocycles. The summed E-state index contributed by atoms with van der Waals surface area (Å²) in [5.74, 6) is -1.16. The van der Waals surface area contributed by atoms with Crippen LogP contribution in [0.2, 0.25) is 0 Å². The largest absolute Gasteiger partial charge is 0.465 e. The van der Waals surface area contributed by atoms with Crippen LogP contribution in [-0.2, 0) is 19.1 Å². The van der Waals surface area contributed by atoms with Crippen LogP contribution in [-0.4, -0.2) is 37.0 Å². The van der Waals surface area contributed by atoms with Gasteiger partial charge in [-0.3, -0.25) is 14.4 Å². The molecule has 0 fully saturated rings. The molecule has 20 heavy (non-hydrogen) atoms. The summed E-state index contributed by atoms with van der Waals surface area (Å²) in [6.45, 7) is 10.8. The van der Waals surface area contributed by atoms with Gasteiger partial charge in [0.2, 0.25) is 11.8 Å². The van der Waals surface area contributed by atoms with E-state index in [0.29, 0.717) is 0 Å². The maximum absolute atomic E-state index is 12.0. The number of carbonyl (C=O) groups excluding carboxylic acids is 3. The van der Waals surface area contributed by atoms with Crippen molar-refractivity contribution in [3.8, 4) is 0 Å². The van der Waals surface area contributed by atoms with Crippen molar-refractivity contribution in [3.05, 3.63) is 0 Å². The SMILES string of the molecule is CCOC(=O)CNC(=O)C(NC(=O)C(C)(C)C)C(C)C. The van der Waals surface area contributed by atoms with Crippen molar-refractivity contribution in [2.24, 2.45) is 11.3 Å². The molecule has 1 unspecified atom stereocenters. The van der Waals surface area contributed by atoms with Crippen LogP contribution in [0.3, 0.4) is 0 Å². The third kappa shape index (κ3) is 6.54. The van der Waals surface area contributed by atoms with Gasteiger partial charge in [-0.2, -0.15) is 0 Å². The van der Waals surface area contributed by atoms with Gasteiger partial charge in [0.05, 0.1) is 6.61 Å². The number of nitrogens with one attached hydrogen (secondary N) is 2. The van der Waals surface area contributed by atoms with E-state index in [-0.39, 0.29) is 30.9 Å². The molecule has 0 saturated heterocycles. The third-order valence-corrected chi connectivity index (χ3v) is 2.63. The van der Waals surface area contributed by atoms with Crippen LogP contribution in [0.5, 0.6) is 0 Å². The van der Waals surface area contributed by atoms with Crippen LogP contribution < -0.4 is 10.6 Å². The molecule has 6 nitrogen and oxygen atoms in total. The summed E-state index contributed by atoms with van der Waals surface area (Å²) in [6.07, 6.45) is 0. The molecule has 2 amide bonds. The second-order valence-electron chi connectivity index (χ2n) is 5.97. The van der Waals surface area contributed by atoms with E-state index in [2.05, 4.69) is 10.6 Å². The summed E-state index contributed by atoms with van der Waals surface area (Å²) < 4.78 is 4.73. The van der Waals surface area contributed by atoms with Gasteiger partial charge in [0.15, 0.2) is 0 Å². The Bertz CT molecular complexity index is 359. The molecule has 0 aliphatic heterocycles. The molecule has 0 aliphatic rings. The fraction of sp³-hybridized carbons (Fsp3) is 0.786. The van der Waals surface area contributed by atoms with Crippen molar-refractivity contribution < 1.29 is 19.1 Å². The van der Waals surface area contributed by atoms with E-state index in [1.54, 1.807) is 27.7 Å². The first-order valence-corrected chi connectivity index (χ1v) is 6.83. The molecule has 0 radical (unpaired) electrons. The lowest BCUT2D eigenvalue weighted by Crippen LogP contribution is -2.53. The van der Waals surface area contributed by atoms with Gasteiger partial charge >= 0.3 is 5.97 Å². The Labute approximate surface area is 120 Å². The van der Waals surface area contributed by atoms with E-state index in [1.807, 2.05) is 13.8 Å². The first-order valence-electron chi connectivity index (χ1n) is 6.83. The summed E-state index contributed by atoms with van der Waals surface area (Å²) in [5.41, 5.74) is -0.575. The highest BCUT2D eigenvalue weighted by Crippen LogP contribution is 2.14. The predicted molar refractivity (Wildman–Crippen MR) is 75.9 cm³/mol. The molecule has 6 heteroatoms. The lowest BCUT2D eigenvalue weighted by molar-refractivity contribution is -0.143. The highest BCUT2D eigenvalue weighted by molar-refractivity contribution is 5.91. The summed E-state index contributed by atoms with van der Waals surface area (Å²) in [5, 5.41) is 5.19. The average Bonchev–Trinajstić information content (AvgIpc) is 2.31. The van der Waals surface area contributed by atoms with E-state index in [0.717, 1.165) is 0 Å². The standard InChI is InChI=1S/C14H26N2O4/c1-7-20-10(17)8-15-12(18)11(9(2)3)16-13(19)14(4,5)6/h9,11H,7-8H2,1-6H3,(H,15,18)(H,16,19). The zero-order valence-electron chi connectivity index (χ0n) is 13.2. The number of hydrogen-bond donors (Lipinski definition) is 2. The van der Waals surface area contributed by atoms with Gasteiger partial charge in [-0.1, -0.05) is 34.6 Å². The van der Waals surface area contributed by atoms with Crippen LogP contribution in [0.15, 0.2) is 0 Å². The lowest BCUT2D eigenvalue weighted by atomic mass is 9.93. The second-order valence-corrected chi connectivity index (χ2v) is 5.97. The van der Waals surface area contributed by atoms with E-state index < -0.39 is 17.4 Å². The van der Waals surface area contributed by atoms with E-state index in [4.69, 9.17) is 4.74 Å². The molecule has 0 aromatic carbocycles. The third-order valence-electron chi connectivity index (χ3n) is 2.63. The fourth-order valence-electron chi connectivity index (χ4n) is 1.37. The molecule has 116 valence electrons. The number of esters is 1. The Balaban J connectivity index is 4.57. The van der Waals surface area contributed by atoms with Gasteiger partial charge in [0, 0.05) is 5.41 Å². The summed E-state index contributed by atoms with van der Waals surface area (Å²) >= 11 is 0. The molecular weight excluding hydrogens is 260 g/mol. The smallest absolute Gasteiger partial charge is 0.325 e. The first-order chi connectivity index (χ1) is 9.09. The normalized spacial score (nSPS) is 12.8. The maximum Gasteiger partial charge on any atom is 0.325 e. The fourth-order valence-corrected chi connectivity index (χ4v) is 1.37. The minimum atomic E-state index is -0.670. The number of hydrogen-bond acceptors (Lipinski definition) is 4. The topological polar surface area (TPSA) is 84.5 Å². The molecule has 0 aromatic heterocycles. The summed E-state index contributed by atoms with van der Waals surface area (Å²) in [4.78, 5) is 35.2. The van der Waals surface area contributed by atoms with Crippen LogP contribution in [0, 0.1) is 11.3 Å². The zero-order valence-corrected chi connectivity index (χ0v) is 13.2. The molecule has 0 bridgehead atoms. The highest BCUT2D eigenvalue weighted by atomic mass is 16.5. The first kappa shape index (κ1) is 18.4. The van der Waals surface area contributed by atoms with E-state index in [9.17, 15) is 14.4 Å². The van der Waals surface area contributed by atoms with E-state index >= 15 is 0 Å². The molecular formula is C14H26N2O4. The zero-order chi connectivity index (χ0) is 15.9. The quantitative estimate of drug-likeness (QED) is 0.709. The van der Waals surface area contributed by atoms with Gasteiger partial charge in [-0.15, -0.1) is 0 Å². The number of carbonyl (C=O) groups is 3. The minimum Gasteiger partial charge on any atom is -0.465 e. The highest BCUT2D eigenvalue weighted by Gasteiger charge is 2.29. The van der Waals surface area contributed by atoms with Crippen LogP contribution >= 0.6 is 0 Å². The number of ether oxygens (including phenoxy) is 1. The number of amides is 2. The minimum absolute atomic E-state index is 0.0801. The van der Waals surface area contributed by atoms with Crippen LogP contribution in [0.25, 0.3) is 0 Å². The predicted octanol–water partition coefficient (Wildman–Crippen LogP) is 0.853. The van der Waals surface area contributed by atoms with Gasteiger partial charge < -0.3 is 15.4 Å². The van der Waals surface area contributed by atoms with Gasteiger partial charge in [0.25, 0.3) is 0 Å². The van der Waals surface area contributed by atoms with Crippen molar-refractivity contribution in [1.82, 2.24) is 10.6 Å². The molecule has 1 atom stereocenters. The van der Waals surface area contributed by atoms with Gasteiger partial charge in [-0.25, -0.2) is 0 Å². The van der Waals surface area contributed by atoms with Crippen molar-refractivity contribution in [1.29, 1.82) is 0 Å². The van der Waals surface area contributed by atoms with E-state index in [1.165, 1.54) is 0 Å². The number of rotatable bonds is 6. The second kappa shape index (κ2) is 7.87. The van der Waals surface area contributed by atoms with Crippen molar-refractivity contribution in [2.75, 3.05) is 13.2 Å². The molecule has 2 N–H and O–H groups in total. The maximum atomic E-state index is 12.0. The summed E-state index contributed by atoms with van der Waals surface area (Å²) in [6, 6.07) is -0.670. The lowest BCUT2D eigenvalue weighted by Gasteiger charge is -2.26.